The molecule has 19 heavy (non-hydrogen) atoms. The second kappa shape index (κ2) is 4.31. The van der Waals surface area contributed by atoms with Crippen LogP contribution in [0.1, 0.15) is 11.3 Å². The molecule has 0 saturated carbocycles. The lowest BCUT2D eigenvalue weighted by atomic mass is 10.1. The van der Waals surface area contributed by atoms with E-state index in [1.54, 1.807) is 13.0 Å². The van der Waals surface area contributed by atoms with Crippen LogP contribution in [-0.4, -0.2) is 11.3 Å². The van der Waals surface area contributed by atoms with E-state index in [2.05, 4.69) is 9.72 Å². The Morgan fingerprint density at radius 3 is 2.63 bits per heavy atom. The number of fused-ring (bicyclic) bond motifs is 1. The minimum Gasteiger partial charge on any atom is -0.406 e. The van der Waals surface area contributed by atoms with Crippen LogP contribution in [0.3, 0.4) is 0 Å². The average Bonchev–Trinajstić information content (AvgIpc) is 2.29. The van der Waals surface area contributed by atoms with Crippen LogP contribution < -0.4 is 10.2 Å². The molecule has 0 unspecified atom stereocenters. The number of benzene rings is 1. The first kappa shape index (κ1) is 13.0. The number of nitrogens with one attached hydrogen (secondary N) is 1. The molecule has 98 valence electrons. The Morgan fingerprint density at radius 2 is 2.05 bits per heavy atom. The highest BCUT2D eigenvalue weighted by molar-refractivity contribution is 5.81. The van der Waals surface area contributed by atoms with Crippen molar-refractivity contribution in [2.45, 2.75) is 13.3 Å². The number of H-pyrrole nitrogens is 1. The van der Waals surface area contributed by atoms with Crippen molar-refractivity contribution in [1.29, 1.82) is 5.26 Å². The molecule has 7 heteroatoms. The summed E-state index contributed by atoms with van der Waals surface area (Å²) >= 11 is 0. The zero-order valence-corrected chi connectivity index (χ0v) is 9.63. The van der Waals surface area contributed by atoms with E-state index in [1.165, 1.54) is 6.07 Å². The topological polar surface area (TPSA) is 65.9 Å². The zero-order valence-electron chi connectivity index (χ0n) is 9.63. The number of rotatable bonds is 1. The van der Waals surface area contributed by atoms with E-state index < -0.39 is 17.5 Å². The Labute approximate surface area is 105 Å². The molecular weight excluding hydrogens is 261 g/mol. The van der Waals surface area contributed by atoms with Crippen LogP contribution in [0, 0.1) is 18.3 Å². The fourth-order valence-electron chi connectivity index (χ4n) is 1.72. The molecule has 0 fully saturated rings. The molecule has 0 aliphatic heterocycles. The number of nitriles is 1. The van der Waals surface area contributed by atoms with Gasteiger partial charge in [-0.3, -0.25) is 4.79 Å². The second-order valence-corrected chi connectivity index (χ2v) is 3.82. The quantitative estimate of drug-likeness (QED) is 0.864. The second-order valence-electron chi connectivity index (χ2n) is 3.82. The van der Waals surface area contributed by atoms with Crippen LogP contribution in [0.25, 0.3) is 10.9 Å². The van der Waals surface area contributed by atoms with Crippen LogP contribution in [-0.2, 0) is 0 Å². The van der Waals surface area contributed by atoms with Gasteiger partial charge in [0.05, 0.1) is 5.39 Å². The van der Waals surface area contributed by atoms with Crippen molar-refractivity contribution in [3.05, 3.63) is 39.7 Å². The van der Waals surface area contributed by atoms with E-state index in [0.717, 1.165) is 12.1 Å². The van der Waals surface area contributed by atoms with E-state index in [4.69, 9.17) is 5.26 Å². The minimum absolute atomic E-state index is 0.0242. The lowest BCUT2D eigenvalue weighted by Gasteiger charge is -2.09. The summed E-state index contributed by atoms with van der Waals surface area (Å²) in [5.41, 5.74) is -0.0430. The van der Waals surface area contributed by atoms with E-state index >= 15 is 0 Å². The van der Waals surface area contributed by atoms with Crippen molar-refractivity contribution < 1.29 is 17.9 Å². The monoisotopic (exact) mass is 268 g/mol. The van der Waals surface area contributed by atoms with Crippen molar-refractivity contribution >= 4 is 10.9 Å². The van der Waals surface area contributed by atoms with Gasteiger partial charge in [0.25, 0.3) is 0 Å². The molecule has 0 saturated heterocycles. The molecule has 1 aromatic heterocycles. The van der Waals surface area contributed by atoms with E-state index in [-0.39, 0.29) is 10.9 Å². The maximum atomic E-state index is 12.1. The summed E-state index contributed by atoms with van der Waals surface area (Å²) in [5, 5.41) is 8.81. The lowest BCUT2D eigenvalue weighted by molar-refractivity contribution is -0.274. The molecule has 0 amide bonds. The van der Waals surface area contributed by atoms with Gasteiger partial charge in [0.1, 0.15) is 17.4 Å². The fourth-order valence-corrected chi connectivity index (χ4v) is 1.72. The number of aryl methyl sites for hydroxylation is 1. The maximum Gasteiger partial charge on any atom is 0.573 e. The highest BCUT2D eigenvalue weighted by Crippen LogP contribution is 2.25. The highest BCUT2D eigenvalue weighted by Gasteiger charge is 2.31. The largest absolute Gasteiger partial charge is 0.573 e. The summed E-state index contributed by atoms with van der Waals surface area (Å²) in [6.45, 7) is 1.54. The van der Waals surface area contributed by atoms with Crippen molar-refractivity contribution in [3.8, 4) is 11.8 Å². The summed E-state index contributed by atoms with van der Waals surface area (Å²) in [7, 11) is 0. The maximum absolute atomic E-state index is 12.1. The first-order valence-electron chi connectivity index (χ1n) is 5.14. The molecule has 0 atom stereocenters. The van der Waals surface area contributed by atoms with Crippen LogP contribution in [0.2, 0.25) is 0 Å². The predicted molar refractivity (Wildman–Crippen MR) is 60.7 cm³/mol. The number of alkyl halides is 3. The van der Waals surface area contributed by atoms with Gasteiger partial charge in [0.15, 0.2) is 0 Å². The molecular formula is C12H7F3N2O2. The third kappa shape index (κ3) is 2.52. The number of nitrogens with zero attached hydrogens (tertiary/aromatic N) is 1. The molecule has 2 aromatic rings. The summed E-state index contributed by atoms with van der Waals surface area (Å²) in [6.07, 6.45) is -4.83. The first-order valence-corrected chi connectivity index (χ1v) is 5.14. The van der Waals surface area contributed by atoms with E-state index in [1.807, 2.05) is 0 Å². The van der Waals surface area contributed by atoms with E-state index in [0.29, 0.717) is 11.2 Å². The third-order valence-electron chi connectivity index (χ3n) is 2.51. The number of pyridine rings is 1. The smallest absolute Gasteiger partial charge is 0.406 e. The number of hydrogen-bond donors (Lipinski definition) is 1. The Hall–Kier alpha value is -2.49. The van der Waals surface area contributed by atoms with Gasteiger partial charge in [0, 0.05) is 11.2 Å². The Morgan fingerprint density at radius 1 is 1.37 bits per heavy atom. The number of aromatic nitrogens is 1. The van der Waals surface area contributed by atoms with Gasteiger partial charge in [0.2, 0.25) is 5.43 Å². The van der Waals surface area contributed by atoms with Crippen LogP contribution in [0.4, 0.5) is 13.2 Å². The van der Waals surface area contributed by atoms with Crippen LogP contribution >= 0.6 is 0 Å². The molecule has 0 bridgehead atoms. The first-order chi connectivity index (χ1) is 8.81. The number of hydrogen-bond acceptors (Lipinski definition) is 3. The molecule has 0 radical (unpaired) electrons. The number of ether oxygens (including phenoxy) is 1. The Bertz CT molecular complexity index is 741. The summed E-state index contributed by atoms with van der Waals surface area (Å²) in [6, 6.07) is 5.07. The molecule has 1 N–H and O–H groups in total. The van der Waals surface area contributed by atoms with Crippen LogP contribution in [0.15, 0.2) is 23.0 Å². The molecule has 2 rings (SSSR count). The van der Waals surface area contributed by atoms with E-state index in [9.17, 15) is 18.0 Å². The van der Waals surface area contributed by atoms with Gasteiger partial charge < -0.3 is 9.72 Å². The van der Waals surface area contributed by atoms with Crippen LogP contribution in [0.5, 0.6) is 5.75 Å². The number of halogens is 3. The fraction of sp³-hybridized carbons (Fsp3) is 0.167. The van der Waals surface area contributed by atoms with Crippen molar-refractivity contribution in [2.24, 2.45) is 0 Å². The summed E-state index contributed by atoms with van der Waals surface area (Å²) in [4.78, 5) is 14.7. The van der Waals surface area contributed by atoms with Gasteiger partial charge in [-0.15, -0.1) is 13.2 Å². The van der Waals surface area contributed by atoms with Crippen molar-refractivity contribution in [3.63, 3.8) is 0 Å². The summed E-state index contributed by atoms with van der Waals surface area (Å²) in [5.74, 6) is -0.502. The zero-order chi connectivity index (χ0) is 14.2. The molecule has 4 nitrogen and oxygen atoms in total. The van der Waals surface area contributed by atoms with Gasteiger partial charge in [-0.05, 0) is 25.1 Å². The normalized spacial score (nSPS) is 11.3. The predicted octanol–water partition coefficient (Wildman–Crippen LogP) is 2.61. The summed E-state index contributed by atoms with van der Waals surface area (Å²) < 4.78 is 40.0. The molecule has 0 spiro atoms. The van der Waals surface area contributed by atoms with Gasteiger partial charge in [-0.1, -0.05) is 0 Å². The van der Waals surface area contributed by atoms with Gasteiger partial charge in [-0.25, -0.2) is 0 Å². The molecule has 1 heterocycles. The Balaban J connectivity index is 2.67. The van der Waals surface area contributed by atoms with Crippen molar-refractivity contribution in [1.82, 2.24) is 4.98 Å². The average molecular weight is 268 g/mol. The molecule has 0 aliphatic rings. The minimum atomic E-state index is -4.83. The Kier molecular flexibility index (Phi) is 2.94. The SMILES string of the molecule is Cc1[nH]c2ccc(OC(F)(F)F)cc2c(=O)c1C#N. The highest BCUT2D eigenvalue weighted by atomic mass is 19.4. The standard InChI is InChI=1S/C12H7F3N2O2/c1-6-9(5-16)11(18)8-4-7(19-12(13,14)15)2-3-10(8)17-6/h2-4H,1H3,(H,17,18). The number of aromatic amines is 1. The molecule has 1 aromatic carbocycles. The lowest BCUT2D eigenvalue weighted by Crippen LogP contribution is -2.17. The van der Waals surface area contributed by atoms with Crippen molar-refractivity contribution in [2.75, 3.05) is 0 Å². The molecule has 0 aliphatic carbocycles. The van der Waals surface area contributed by atoms with Gasteiger partial charge in [-0.2, -0.15) is 5.26 Å². The third-order valence-corrected chi connectivity index (χ3v) is 2.51. The van der Waals surface area contributed by atoms with Gasteiger partial charge >= 0.3 is 6.36 Å².